The summed E-state index contributed by atoms with van der Waals surface area (Å²) in [5.41, 5.74) is 6.09. The highest BCUT2D eigenvalue weighted by Crippen LogP contribution is 2.37. The molecule has 2 heterocycles. The number of para-hydroxylation sites is 1. The quantitative estimate of drug-likeness (QED) is 0.673. The Kier molecular flexibility index (Phi) is 3.59. The van der Waals surface area contributed by atoms with E-state index in [0.29, 0.717) is 4.67 Å². The molecule has 0 saturated heterocycles. The van der Waals surface area contributed by atoms with Crippen molar-refractivity contribution in [3.8, 4) is 5.75 Å². The third-order valence-electron chi connectivity index (χ3n) is 3.40. The number of nitrogens with one attached hydrogen (secondary N) is 1. The number of benzene rings is 1. The summed E-state index contributed by atoms with van der Waals surface area (Å²) in [5, 5.41) is 0. The zero-order valence-corrected chi connectivity index (χ0v) is 11.9. The van der Waals surface area contributed by atoms with Gasteiger partial charge in [0.2, 0.25) is 0 Å². The summed E-state index contributed by atoms with van der Waals surface area (Å²) in [7, 11) is 0. The SMILES string of the molecule is NNC(c1ccoc1Br)c1cccc2c1OCCC2. The van der Waals surface area contributed by atoms with Crippen molar-refractivity contribution in [3.63, 3.8) is 0 Å². The van der Waals surface area contributed by atoms with E-state index in [1.54, 1.807) is 6.26 Å². The van der Waals surface area contributed by atoms with Crippen molar-refractivity contribution in [1.29, 1.82) is 0 Å². The molecule has 5 heteroatoms. The lowest BCUT2D eigenvalue weighted by Gasteiger charge is -2.24. The fourth-order valence-corrected chi connectivity index (χ4v) is 2.97. The molecular formula is C14H15BrN2O2. The van der Waals surface area contributed by atoms with E-state index in [0.717, 1.165) is 36.3 Å². The maximum absolute atomic E-state index is 5.83. The van der Waals surface area contributed by atoms with Crippen LogP contribution in [0.4, 0.5) is 0 Å². The van der Waals surface area contributed by atoms with Gasteiger partial charge in [-0.05, 0) is 40.4 Å². The molecule has 2 aromatic rings. The summed E-state index contributed by atoms with van der Waals surface area (Å²) < 4.78 is 11.8. The molecule has 4 nitrogen and oxygen atoms in total. The van der Waals surface area contributed by atoms with E-state index in [1.807, 2.05) is 18.2 Å². The van der Waals surface area contributed by atoms with Gasteiger partial charge in [0.05, 0.1) is 18.9 Å². The van der Waals surface area contributed by atoms with Crippen LogP contribution in [0.5, 0.6) is 5.75 Å². The number of hydrazine groups is 1. The molecule has 0 amide bonds. The summed E-state index contributed by atoms with van der Waals surface area (Å²) in [6.45, 7) is 0.758. The number of furan rings is 1. The predicted octanol–water partition coefficient (Wildman–Crippen LogP) is 2.92. The summed E-state index contributed by atoms with van der Waals surface area (Å²) in [5.74, 6) is 6.68. The van der Waals surface area contributed by atoms with Crippen LogP contribution in [0.1, 0.15) is 29.2 Å². The first-order valence-corrected chi connectivity index (χ1v) is 7.04. The van der Waals surface area contributed by atoms with Gasteiger partial charge >= 0.3 is 0 Å². The molecule has 0 bridgehead atoms. The van der Waals surface area contributed by atoms with E-state index in [1.165, 1.54) is 5.56 Å². The van der Waals surface area contributed by atoms with Crippen molar-refractivity contribution in [2.75, 3.05) is 6.61 Å². The lowest BCUT2D eigenvalue weighted by atomic mass is 9.95. The zero-order valence-electron chi connectivity index (χ0n) is 10.4. The molecular weight excluding hydrogens is 308 g/mol. The Balaban J connectivity index is 2.07. The van der Waals surface area contributed by atoms with Crippen molar-refractivity contribution < 1.29 is 9.15 Å². The molecule has 0 fully saturated rings. The predicted molar refractivity (Wildman–Crippen MR) is 75.8 cm³/mol. The fourth-order valence-electron chi connectivity index (χ4n) is 2.50. The highest BCUT2D eigenvalue weighted by Gasteiger charge is 2.24. The Morgan fingerprint density at radius 1 is 1.26 bits per heavy atom. The van der Waals surface area contributed by atoms with E-state index >= 15 is 0 Å². The molecule has 3 rings (SSSR count). The van der Waals surface area contributed by atoms with Gasteiger partial charge in [0.25, 0.3) is 0 Å². The molecule has 100 valence electrons. The first kappa shape index (κ1) is 12.7. The minimum absolute atomic E-state index is 0.152. The number of aryl methyl sites for hydroxylation is 1. The Morgan fingerprint density at radius 2 is 2.16 bits per heavy atom. The Hall–Kier alpha value is -1.30. The summed E-state index contributed by atoms with van der Waals surface area (Å²) in [6.07, 6.45) is 3.75. The van der Waals surface area contributed by atoms with Gasteiger partial charge < -0.3 is 9.15 Å². The molecule has 1 atom stereocenters. The van der Waals surface area contributed by atoms with Crippen LogP contribution >= 0.6 is 15.9 Å². The maximum Gasteiger partial charge on any atom is 0.174 e. The van der Waals surface area contributed by atoms with E-state index < -0.39 is 0 Å². The topological polar surface area (TPSA) is 60.4 Å². The smallest absolute Gasteiger partial charge is 0.174 e. The van der Waals surface area contributed by atoms with Crippen LogP contribution in [0.25, 0.3) is 0 Å². The Labute approximate surface area is 120 Å². The van der Waals surface area contributed by atoms with Crippen molar-refractivity contribution in [1.82, 2.24) is 5.43 Å². The summed E-state index contributed by atoms with van der Waals surface area (Å²) in [6, 6.07) is 7.93. The van der Waals surface area contributed by atoms with Gasteiger partial charge in [-0.15, -0.1) is 0 Å². The molecule has 1 aliphatic rings. The van der Waals surface area contributed by atoms with E-state index in [9.17, 15) is 0 Å². The van der Waals surface area contributed by atoms with Crippen LogP contribution < -0.4 is 16.0 Å². The largest absolute Gasteiger partial charge is 0.493 e. The minimum atomic E-state index is -0.152. The molecule has 1 aliphatic heterocycles. The number of rotatable bonds is 3. The number of fused-ring (bicyclic) bond motifs is 1. The van der Waals surface area contributed by atoms with Crippen LogP contribution in [0.15, 0.2) is 39.6 Å². The first-order chi connectivity index (χ1) is 9.31. The zero-order chi connectivity index (χ0) is 13.2. The van der Waals surface area contributed by atoms with Gasteiger partial charge in [-0.3, -0.25) is 5.84 Å². The van der Waals surface area contributed by atoms with Gasteiger partial charge in [0.1, 0.15) is 5.75 Å². The second-order valence-corrected chi connectivity index (χ2v) is 5.26. The van der Waals surface area contributed by atoms with E-state index in [-0.39, 0.29) is 6.04 Å². The van der Waals surface area contributed by atoms with Crippen LogP contribution in [0.3, 0.4) is 0 Å². The monoisotopic (exact) mass is 322 g/mol. The fraction of sp³-hybridized carbons (Fsp3) is 0.286. The van der Waals surface area contributed by atoms with Gasteiger partial charge in [-0.25, -0.2) is 5.43 Å². The Morgan fingerprint density at radius 3 is 2.89 bits per heavy atom. The standard InChI is InChI=1S/C14H15BrN2O2/c15-14-11(6-8-19-14)12(17-16)10-5-1-3-9-4-2-7-18-13(9)10/h1,3,5-6,8,12,17H,2,4,7,16H2. The third-order valence-corrected chi connectivity index (χ3v) is 4.04. The number of halogens is 1. The van der Waals surface area contributed by atoms with Gasteiger partial charge in [0, 0.05) is 11.1 Å². The molecule has 0 spiro atoms. The molecule has 19 heavy (non-hydrogen) atoms. The average molecular weight is 323 g/mol. The number of ether oxygens (including phenoxy) is 1. The third kappa shape index (κ3) is 2.29. The van der Waals surface area contributed by atoms with Gasteiger partial charge in [-0.2, -0.15) is 0 Å². The molecule has 1 aromatic carbocycles. The van der Waals surface area contributed by atoms with Crippen LogP contribution in [0, 0.1) is 0 Å². The van der Waals surface area contributed by atoms with Gasteiger partial charge in [0.15, 0.2) is 4.67 Å². The minimum Gasteiger partial charge on any atom is -0.493 e. The lowest BCUT2D eigenvalue weighted by Crippen LogP contribution is -2.29. The van der Waals surface area contributed by atoms with Crippen LogP contribution in [0.2, 0.25) is 0 Å². The number of nitrogens with two attached hydrogens (primary N) is 1. The normalized spacial score (nSPS) is 15.7. The average Bonchev–Trinajstić information content (AvgIpc) is 2.86. The molecule has 1 aromatic heterocycles. The van der Waals surface area contributed by atoms with Crippen LogP contribution in [-0.4, -0.2) is 6.61 Å². The number of hydrogen-bond acceptors (Lipinski definition) is 4. The second kappa shape index (κ2) is 5.36. The van der Waals surface area contributed by atoms with Crippen molar-refractivity contribution in [2.45, 2.75) is 18.9 Å². The summed E-state index contributed by atoms with van der Waals surface area (Å²) in [4.78, 5) is 0. The van der Waals surface area contributed by atoms with Crippen molar-refractivity contribution in [3.05, 3.63) is 51.9 Å². The molecule has 0 aliphatic carbocycles. The maximum atomic E-state index is 5.83. The van der Waals surface area contributed by atoms with E-state index in [2.05, 4.69) is 27.4 Å². The number of hydrogen-bond donors (Lipinski definition) is 2. The molecule has 3 N–H and O–H groups in total. The molecule has 0 saturated carbocycles. The van der Waals surface area contributed by atoms with Crippen molar-refractivity contribution in [2.24, 2.45) is 5.84 Å². The highest BCUT2D eigenvalue weighted by atomic mass is 79.9. The highest BCUT2D eigenvalue weighted by molar-refractivity contribution is 9.10. The second-order valence-electron chi connectivity index (χ2n) is 4.54. The van der Waals surface area contributed by atoms with E-state index in [4.69, 9.17) is 15.0 Å². The first-order valence-electron chi connectivity index (χ1n) is 6.25. The lowest BCUT2D eigenvalue weighted by molar-refractivity contribution is 0.283. The Bertz CT molecular complexity index is 583. The van der Waals surface area contributed by atoms with Gasteiger partial charge in [-0.1, -0.05) is 18.2 Å². The molecule has 0 radical (unpaired) electrons. The van der Waals surface area contributed by atoms with Crippen LogP contribution in [-0.2, 0) is 6.42 Å². The summed E-state index contributed by atoms with van der Waals surface area (Å²) >= 11 is 3.40. The van der Waals surface area contributed by atoms with Crippen molar-refractivity contribution >= 4 is 15.9 Å². The molecule has 1 unspecified atom stereocenters.